The number of nitrogens with zero attached hydrogens (tertiary/aromatic N) is 1. The van der Waals surface area contributed by atoms with Gasteiger partial charge in [-0.1, -0.05) is 24.8 Å². The fraction of sp³-hybridized carbons (Fsp3) is 0.0952. The van der Waals surface area contributed by atoms with Crippen LogP contribution < -0.4 is 5.73 Å². The van der Waals surface area contributed by atoms with Crippen molar-refractivity contribution in [3.05, 3.63) is 83.2 Å². The molecule has 1 atom stereocenters. The molecule has 4 nitrogen and oxygen atoms in total. The van der Waals surface area contributed by atoms with Gasteiger partial charge in [-0.25, -0.2) is 8.78 Å². The van der Waals surface area contributed by atoms with E-state index in [-0.39, 0.29) is 17.7 Å². The number of benzene rings is 2. The maximum atomic E-state index is 15.0. The van der Waals surface area contributed by atoms with Gasteiger partial charge in [0.15, 0.2) is 5.82 Å². The average molecular weight is 365 g/mol. The lowest BCUT2D eigenvalue weighted by Crippen LogP contribution is -2.11. The van der Waals surface area contributed by atoms with Gasteiger partial charge in [-0.3, -0.25) is 4.98 Å². The first-order valence-corrected chi connectivity index (χ1v) is 8.42. The Balaban J connectivity index is 2.02. The van der Waals surface area contributed by atoms with Crippen LogP contribution >= 0.6 is 0 Å². The zero-order chi connectivity index (χ0) is 19.1. The second kappa shape index (κ2) is 6.57. The number of nitrogens with two attached hydrogens (primary N) is 1. The third-order valence-electron chi connectivity index (χ3n) is 4.74. The normalized spacial score (nSPS) is 12.6. The molecule has 27 heavy (non-hydrogen) atoms. The maximum Gasteiger partial charge on any atom is 0.152 e. The van der Waals surface area contributed by atoms with Crippen LogP contribution in [0.2, 0.25) is 0 Å². The Hall–Kier alpha value is -3.09. The number of para-hydroxylation sites is 1. The van der Waals surface area contributed by atoms with Gasteiger partial charge in [0.1, 0.15) is 12.0 Å². The average Bonchev–Trinajstić information content (AvgIpc) is 3.04. The van der Waals surface area contributed by atoms with E-state index >= 15 is 4.39 Å². The van der Waals surface area contributed by atoms with Crippen molar-refractivity contribution >= 4 is 27.9 Å². The number of aliphatic hydroxyl groups excluding tert-OH is 1. The molecule has 2 aromatic heterocycles. The van der Waals surface area contributed by atoms with Gasteiger partial charge in [0.25, 0.3) is 0 Å². The molecule has 0 spiro atoms. The fourth-order valence-corrected chi connectivity index (χ4v) is 3.46. The number of aliphatic hydroxyl groups is 1. The van der Waals surface area contributed by atoms with E-state index in [1.807, 2.05) is 24.3 Å². The predicted molar refractivity (Wildman–Crippen MR) is 102 cm³/mol. The zero-order valence-electron chi connectivity index (χ0n) is 14.3. The van der Waals surface area contributed by atoms with Crippen LogP contribution in [-0.2, 0) is 6.42 Å². The molecule has 0 aliphatic rings. The number of aromatic amines is 1. The quantitative estimate of drug-likeness (QED) is 0.475. The Bertz CT molecular complexity index is 1180. The van der Waals surface area contributed by atoms with Crippen LogP contribution in [0.4, 0.5) is 8.78 Å². The number of H-pyrrole nitrogens is 1. The monoisotopic (exact) mass is 365 g/mol. The molecule has 0 aliphatic carbocycles. The van der Waals surface area contributed by atoms with Gasteiger partial charge >= 0.3 is 0 Å². The molecule has 0 radical (unpaired) electrons. The van der Waals surface area contributed by atoms with Gasteiger partial charge in [-0.05, 0) is 29.8 Å². The van der Waals surface area contributed by atoms with Crippen LogP contribution in [0.25, 0.3) is 27.9 Å². The van der Waals surface area contributed by atoms with Gasteiger partial charge in [0, 0.05) is 40.0 Å². The molecule has 4 N–H and O–H groups in total. The van der Waals surface area contributed by atoms with Crippen molar-refractivity contribution in [3.63, 3.8) is 0 Å². The predicted octanol–water partition coefficient (Wildman–Crippen LogP) is 4.18. The van der Waals surface area contributed by atoms with E-state index in [2.05, 4.69) is 16.5 Å². The zero-order valence-corrected chi connectivity index (χ0v) is 14.3. The van der Waals surface area contributed by atoms with Gasteiger partial charge in [-0.15, -0.1) is 0 Å². The second-order valence-corrected chi connectivity index (χ2v) is 6.34. The van der Waals surface area contributed by atoms with Gasteiger partial charge in [0.05, 0.1) is 11.2 Å². The van der Waals surface area contributed by atoms with E-state index in [1.165, 1.54) is 24.4 Å². The minimum absolute atomic E-state index is 0.0281. The Labute approximate surface area is 154 Å². The second-order valence-electron chi connectivity index (χ2n) is 6.34. The Morgan fingerprint density at radius 3 is 2.78 bits per heavy atom. The van der Waals surface area contributed by atoms with Crippen LogP contribution in [0.1, 0.15) is 28.6 Å². The topological polar surface area (TPSA) is 74.9 Å². The van der Waals surface area contributed by atoms with Crippen molar-refractivity contribution in [2.24, 2.45) is 5.73 Å². The SMILES string of the molecule is C=Cc1nccc(Cc2c(F)cc(C(N)O)c3[nH]c4ccccc4c23)c1F. The number of aromatic nitrogens is 2. The van der Waals surface area contributed by atoms with Gasteiger partial charge in [-0.2, -0.15) is 0 Å². The molecule has 4 aromatic rings. The van der Waals surface area contributed by atoms with Gasteiger partial charge < -0.3 is 15.8 Å². The standard InChI is InChI=1S/C21H17F2N3O/c1-2-16-19(23)11(7-8-25-16)9-13-15(22)10-14(21(24)27)20-18(13)12-5-3-4-6-17(12)26-20/h2-8,10,21,26-27H,1,9,24H2. The van der Waals surface area contributed by atoms with Crippen molar-refractivity contribution < 1.29 is 13.9 Å². The highest BCUT2D eigenvalue weighted by Crippen LogP contribution is 2.35. The summed E-state index contributed by atoms with van der Waals surface area (Å²) in [5.74, 6) is -1.08. The van der Waals surface area contributed by atoms with E-state index in [9.17, 15) is 9.50 Å². The first-order valence-electron chi connectivity index (χ1n) is 8.42. The largest absolute Gasteiger partial charge is 0.374 e. The summed E-state index contributed by atoms with van der Waals surface area (Å²) in [4.78, 5) is 7.11. The molecule has 0 fully saturated rings. The molecule has 1 unspecified atom stereocenters. The van der Waals surface area contributed by atoms with Gasteiger partial charge in [0.2, 0.25) is 0 Å². The first-order chi connectivity index (χ1) is 13.0. The summed E-state index contributed by atoms with van der Waals surface area (Å²) < 4.78 is 29.6. The number of pyridine rings is 1. The highest BCUT2D eigenvalue weighted by atomic mass is 19.1. The number of halogens is 2. The van der Waals surface area contributed by atoms with Crippen molar-refractivity contribution in [2.45, 2.75) is 12.6 Å². The number of hydrogen-bond acceptors (Lipinski definition) is 3. The number of hydrogen-bond donors (Lipinski definition) is 3. The fourth-order valence-electron chi connectivity index (χ4n) is 3.46. The van der Waals surface area contributed by atoms with Crippen LogP contribution in [0, 0.1) is 11.6 Å². The summed E-state index contributed by atoms with van der Waals surface area (Å²) in [5.41, 5.74) is 7.96. The number of fused-ring (bicyclic) bond motifs is 3. The van der Waals surface area contributed by atoms with E-state index in [1.54, 1.807) is 0 Å². The first kappa shape index (κ1) is 17.3. The number of nitrogens with one attached hydrogen (secondary N) is 1. The summed E-state index contributed by atoms with van der Waals surface area (Å²) in [6, 6.07) is 10.1. The molecule has 2 aromatic carbocycles. The molecule has 0 saturated carbocycles. The Kier molecular flexibility index (Phi) is 4.22. The van der Waals surface area contributed by atoms with E-state index < -0.39 is 17.9 Å². The molecular formula is C21H17F2N3O. The van der Waals surface area contributed by atoms with E-state index in [0.717, 1.165) is 10.9 Å². The van der Waals surface area contributed by atoms with Crippen molar-refractivity contribution in [1.82, 2.24) is 9.97 Å². The molecule has 0 aliphatic heterocycles. The smallest absolute Gasteiger partial charge is 0.152 e. The Morgan fingerprint density at radius 2 is 2.04 bits per heavy atom. The van der Waals surface area contributed by atoms with Crippen LogP contribution in [0.15, 0.2) is 49.2 Å². The summed E-state index contributed by atoms with van der Waals surface area (Å²) in [7, 11) is 0. The maximum absolute atomic E-state index is 15.0. The van der Waals surface area contributed by atoms with Crippen molar-refractivity contribution in [2.75, 3.05) is 0 Å². The molecule has 0 saturated heterocycles. The summed E-state index contributed by atoms with van der Waals surface area (Å²) in [6.07, 6.45) is 1.48. The minimum atomic E-state index is -1.34. The third kappa shape index (κ3) is 2.79. The van der Waals surface area contributed by atoms with Crippen LogP contribution in [0.5, 0.6) is 0 Å². The van der Waals surface area contributed by atoms with E-state index in [0.29, 0.717) is 22.0 Å². The molecule has 4 rings (SSSR count). The minimum Gasteiger partial charge on any atom is -0.374 e. The molecular weight excluding hydrogens is 348 g/mol. The molecule has 0 bridgehead atoms. The van der Waals surface area contributed by atoms with Crippen LogP contribution in [0.3, 0.4) is 0 Å². The van der Waals surface area contributed by atoms with Crippen molar-refractivity contribution in [1.29, 1.82) is 0 Å². The van der Waals surface area contributed by atoms with E-state index in [4.69, 9.17) is 5.73 Å². The summed E-state index contributed by atoms with van der Waals surface area (Å²) in [5, 5.41) is 11.2. The summed E-state index contributed by atoms with van der Waals surface area (Å²) in [6.45, 7) is 3.55. The van der Waals surface area contributed by atoms with Crippen LogP contribution in [-0.4, -0.2) is 15.1 Å². The highest BCUT2D eigenvalue weighted by molar-refractivity contribution is 6.10. The Morgan fingerprint density at radius 1 is 1.26 bits per heavy atom. The molecule has 2 heterocycles. The molecule has 6 heteroatoms. The summed E-state index contributed by atoms with van der Waals surface area (Å²) >= 11 is 0. The number of rotatable bonds is 4. The highest BCUT2D eigenvalue weighted by Gasteiger charge is 2.21. The lowest BCUT2D eigenvalue weighted by molar-refractivity contribution is 0.187. The molecule has 136 valence electrons. The van der Waals surface area contributed by atoms with Crippen molar-refractivity contribution in [3.8, 4) is 0 Å². The molecule has 0 amide bonds. The lowest BCUT2D eigenvalue weighted by atomic mass is 9.96. The third-order valence-corrected chi connectivity index (χ3v) is 4.74. The lowest BCUT2D eigenvalue weighted by Gasteiger charge is -2.13.